The van der Waals surface area contributed by atoms with Gasteiger partial charge in [0.15, 0.2) is 0 Å². The first-order valence-corrected chi connectivity index (χ1v) is 14.4. The predicted molar refractivity (Wildman–Crippen MR) is 97.1 cm³/mol. The Labute approximate surface area is 155 Å². The molecule has 0 aliphatic carbocycles. The fraction of sp³-hybridized carbons (Fsp3) is 1.00. The molecule has 2 rings (SSSR count). The van der Waals surface area contributed by atoms with Gasteiger partial charge in [0.25, 0.3) is 0 Å². The van der Waals surface area contributed by atoms with Crippen LogP contribution < -0.4 is 0 Å². The molecule has 26 heavy (non-hydrogen) atoms. The second-order valence-electron chi connectivity index (χ2n) is 7.62. The third-order valence-corrected chi connectivity index (χ3v) is 8.10. The first-order chi connectivity index (χ1) is 11.8. The zero-order valence-electron chi connectivity index (χ0n) is 16.0. The van der Waals surface area contributed by atoms with Crippen molar-refractivity contribution in [2.75, 3.05) is 59.6 Å². The van der Waals surface area contributed by atoms with Crippen molar-refractivity contribution in [2.24, 2.45) is 10.8 Å². The maximum absolute atomic E-state index is 12.6. The number of rotatable bonds is 7. The van der Waals surface area contributed by atoms with Crippen molar-refractivity contribution in [3.63, 3.8) is 0 Å². The van der Waals surface area contributed by atoms with Gasteiger partial charge in [-0.2, -0.15) is 0 Å². The van der Waals surface area contributed by atoms with Gasteiger partial charge >= 0.3 is 22.8 Å². The highest BCUT2D eigenvalue weighted by molar-refractivity contribution is 7.53. The molecule has 0 aromatic rings. The molecule has 2 heterocycles. The molecule has 0 N–H and O–H groups in total. The van der Waals surface area contributed by atoms with Gasteiger partial charge in [0.2, 0.25) is 0 Å². The van der Waals surface area contributed by atoms with Crippen molar-refractivity contribution in [3.05, 3.63) is 0 Å². The summed E-state index contributed by atoms with van der Waals surface area (Å²) in [6, 6.07) is 0. The van der Waals surface area contributed by atoms with Gasteiger partial charge in [-0.05, 0) is 6.42 Å². The molecule has 1 atom stereocenters. The smallest absolute Gasteiger partial charge is 0.308 e. The standard InChI is InChI=1S/C14H29O9P3/c1-6-14(11-22-26(5,17)23-12-14)10-21-25(4,16)20-9-13(2)7-18-24(3,15)19-8-13/h6-12H2,1-5H3. The summed E-state index contributed by atoms with van der Waals surface area (Å²) in [6.07, 6.45) is 0.651. The fourth-order valence-electron chi connectivity index (χ4n) is 2.25. The highest BCUT2D eigenvalue weighted by atomic mass is 31.2. The van der Waals surface area contributed by atoms with Gasteiger partial charge < -0.3 is 27.1 Å². The molecule has 154 valence electrons. The van der Waals surface area contributed by atoms with Crippen molar-refractivity contribution in [1.82, 2.24) is 0 Å². The van der Waals surface area contributed by atoms with E-state index in [1.807, 2.05) is 13.8 Å². The van der Waals surface area contributed by atoms with Gasteiger partial charge in [0.1, 0.15) is 0 Å². The summed E-state index contributed by atoms with van der Waals surface area (Å²) in [7, 11) is -9.34. The second kappa shape index (κ2) is 8.06. The Morgan fingerprint density at radius 1 is 0.923 bits per heavy atom. The van der Waals surface area contributed by atoms with E-state index in [-0.39, 0.29) is 39.6 Å². The van der Waals surface area contributed by atoms with Crippen LogP contribution in [-0.2, 0) is 40.8 Å². The molecule has 9 nitrogen and oxygen atoms in total. The van der Waals surface area contributed by atoms with Gasteiger partial charge in [0.05, 0.1) is 39.6 Å². The molecule has 0 aromatic heterocycles. The van der Waals surface area contributed by atoms with Crippen LogP contribution in [0.25, 0.3) is 0 Å². The van der Waals surface area contributed by atoms with E-state index in [9.17, 15) is 13.7 Å². The van der Waals surface area contributed by atoms with Crippen LogP contribution in [-0.4, -0.2) is 59.6 Å². The predicted octanol–water partition coefficient (Wildman–Crippen LogP) is 3.98. The highest BCUT2D eigenvalue weighted by Crippen LogP contribution is 2.54. The summed E-state index contributed by atoms with van der Waals surface area (Å²) in [4.78, 5) is 0. The van der Waals surface area contributed by atoms with Crippen LogP contribution in [0.2, 0.25) is 0 Å². The summed E-state index contributed by atoms with van der Waals surface area (Å²) in [5.74, 6) is 0. The van der Waals surface area contributed by atoms with Gasteiger partial charge in [-0.15, -0.1) is 0 Å². The fourth-order valence-corrected chi connectivity index (χ4v) is 5.64. The van der Waals surface area contributed by atoms with E-state index in [0.29, 0.717) is 6.42 Å². The van der Waals surface area contributed by atoms with Crippen molar-refractivity contribution in [2.45, 2.75) is 20.3 Å². The zero-order valence-corrected chi connectivity index (χ0v) is 18.6. The van der Waals surface area contributed by atoms with Gasteiger partial charge in [-0.3, -0.25) is 13.7 Å². The molecule has 1 unspecified atom stereocenters. The number of hydrogen-bond acceptors (Lipinski definition) is 9. The van der Waals surface area contributed by atoms with E-state index in [2.05, 4.69) is 0 Å². The maximum atomic E-state index is 12.6. The Bertz CT molecular complexity index is 626. The van der Waals surface area contributed by atoms with Crippen LogP contribution in [0, 0.1) is 10.8 Å². The molecule has 0 bridgehead atoms. The lowest BCUT2D eigenvalue weighted by molar-refractivity contribution is -0.0254. The molecule has 12 heteroatoms. The Morgan fingerprint density at radius 3 is 1.81 bits per heavy atom. The lowest BCUT2D eigenvalue weighted by Gasteiger charge is -2.38. The van der Waals surface area contributed by atoms with E-state index in [4.69, 9.17) is 27.1 Å². The molecular weight excluding hydrogens is 405 g/mol. The quantitative estimate of drug-likeness (QED) is 0.550. The van der Waals surface area contributed by atoms with Crippen molar-refractivity contribution < 1.29 is 40.8 Å². The topological polar surface area (TPSA) is 107 Å². The lowest BCUT2D eigenvalue weighted by Crippen LogP contribution is -2.39. The van der Waals surface area contributed by atoms with E-state index < -0.39 is 33.6 Å². The van der Waals surface area contributed by atoms with Crippen molar-refractivity contribution in [3.8, 4) is 0 Å². The number of hydrogen-bond donors (Lipinski definition) is 0. The minimum atomic E-state index is -3.35. The molecule has 2 fully saturated rings. The summed E-state index contributed by atoms with van der Waals surface area (Å²) >= 11 is 0. The third-order valence-electron chi connectivity index (χ3n) is 4.51. The van der Waals surface area contributed by atoms with E-state index in [0.717, 1.165) is 0 Å². The Balaban J connectivity index is 1.85. The normalized spacial score (nSPS) is 43.7. The third kappa shape index (κ3) is 6.51. The molecule has 0 spiro atoms. The average molecular weight is 434 g/mol. The lowest BCUT2D eigenvalue weighted by atomic mass is 9.88. The van der Waals surface area contributed by atoms with Crippen LogP contribution in [0.3, 0.4) is 0 Å². The molecule has 2 saturated heterocycles. The summed E-state index contributed by atoms with van der Waals surface area (Å²) < 4.78 is 68.2. The first-order valence-electron chi connectivity index (χ1n) is 8.40. The Kier molecular flexibility index (Phi) is 7.05. The Morgan fingerprint density at radius 2 is 1.35 bits per heavy atom. The van der Waals surface area contributed by atoms with E-state index >= 15 is 0 Å². The van der Waals surface area contributed by atoms with Crippen LogP contribution in [0.5, 0.6) is 0 Å². The molecular formula is C14H29O9P3. The van der Waals surface area contributed by atoms with Crippen molar-refractivity contribution >= 4 is 22.8 Å². The minimum absolute atomic E-state index is 0.0804. The average Bonchev–Trinajstić information content (AvgIpc) is 2.56. The minimum Gasteiger partial charge on any atom is -0.308 e. The molecule has 0 aromatic carbocycles. The van der Waals surface area contributed by atoms with Gasteiger partial charge in [-0.25, -0.2) is 0 Å². The van der Waals surface area contributed by atoms with Crippen molar-refractivity contribution in [1.29, 1.82) is 0 Å². The SMILES string of the molecule is CCC1(COP(C)(=O)OCC2(C)COP(C)(=O)OC2)COP(C)(=O)OC1. The maximum Gasteiger partial charge on any atom is 0.327 e. The zero-order chi connectivity index (χ0) is 19.7. The second-order valence-corrected chi connectivity index (χ2v) is 13.8. The molecule has 0 saturated carbocycles. The summed E-state index contributed by atoms with van der Waals surface area (Å²) in [6.45, 7) is 8.98. The first kappa shape index (κ1) is 22.7. The van der Waals surface area contributed by atoms with Crippen LogP contribution in [0.4, 0.5) is 0 Å². The van der Waals surface area contributed by atoms with Gasteiger partial charge in [0, 0.05) is 30.8 Å². The van der Waals surface area contributed by atoms with Crippen LogP contribution >= 0.6 is 22.8 Å². The molecule has 2 aliphatic rings. The van der Waals surface area contributed by atoms with Crippen LogP contribution in [0.1, 0.15) is 20.3 Å². The van der Waals surface area contributed by atoms with Gasteiger partial charge in [-0.1, -0.05) is 13.8 Å². The molecule has 0 radical (unpaired) electrons. The molecule has 2 aliphatic heterocycles. The largest absolute Gasteiger partial charge is 0.327 e. The summed E-state index contributed by atoms with van der Waals surface area (Å²) in [5.41, 5.74) is -1.08. The molecule has 0 amide bonds. The highest BCUT2D eigenvalue weighted by Gasteiger charge is 2.42. The summed E-state index contributed by atoms with van der Waals surface area (Å²) in [5, 5.41) is 0. The van der Waals surface area contributed by atoms with Crippen LogP contribution in [0.15, 0.2) is 0 Å². The van der Waals surface area contributed by atoms with E-state index in [1.54, 1.807) is 0 Å². The monoisotopic (exact) mass is 434 g/mol. The van der Waals surface area contributed by atoms with E-state index in [1.165, 1.54) is 20.0 Å². The Hall–Kier alpha value is 0.450.